The molecule has 2 heterocycles. The van der Waals surface area contributed by atoms with Gasteiger partial charge in [0.15, 0.2) is 11.5 Å². The van der Waals surface area contributed by atoms with Crippen LogP contribution in [-0.4, -0.2) is 72.6 Å². The molecule has 1 aliphatic heterocycles. The number of amides is 1. The van der Waals surface area contributed by atoms with Gasteiger partial charge in [-0.2, -0.15) is 4.98 Å². The van der Waals surface area contributed by atoms with Crippen molar-refractivity contribution in [3.05, 3.63) is 95.2 Å². The molecule has 46 heavy (non-hydrogen) atoms. The predicted octanol–water partition coefficient (Wildman–Crippen LogP) is 7.41. The fourth-order valence-corrected chi connectivity index (χ4v) is 5.83. The third-order valence-electron chi connectivity index (χ3n) is 8.38. The molecule has 0 saturated carbocycles. The summed E-state index contributed by atoms with van der Waals surface area (Å²) in [7, 11) is 4.27. The minimum Gasteiger partial charge on any atom is -0.490 e. The average Bonchev–Trinajstić information content (AvgIpc) is 3.04. The van der Waals surface area contributed by atoms with Crippen molar-refractivity contribution in [3.63, 3.8) is 0 Å². The van der Waals surface area contributed by atoms with Gasteiger partial charge >= 0.3 is 0 Å². The van der Waals surface area contributed by atoms with E-state index in [1.54, 1.807) is 6.07 Å². The van der Waals surface area contributed by atoms with E-state index in [1.807, 2.05) is 57.2 Å². The minimum absolute atomic E-state index is 0.127. The van der Waals surface area contributed by atoms with E-state index in [-0.39, 0.29) is 17.4 Å². The summed E-state index contributed by atoms with van der Waals surface area (Å²) in [6.07, 6.45) is 5.06. The maximum atomic E-state index is 13.6. The van der Waals surface area contributed by atoms with E-state index in [9.17, 15) is 4.79 Å². The molecule has 1 amide bonds. The van der Waals surface area contributed by atoms with E-state index in [0.29, 0.717) is 30.0 Å². The number of nitrogens with zero attached hydrogens (tertiary/aromatic N) is 4. The van der Waals surface area contributed by atoms with Crippen LogP contribution in [0.15, 0.2) is 72.9 Å². The molecule has 0 aliphatic carbocycles. The van der Waals surface area contributed by atoms with Gasteiger partial charge in [-0.3, -0.25) is 4.79 Å². The standard InChI is InChI=1S/C37H46N6O3/c1-6-45-32-13-7-8-14-33(32)46-36-31(35(44)40-34-26(2)11-9-12-27(34)3)25-38-37(41-36)39-30-17-15-28(16-18-30)29-19-23-43(24-20-29)22-10-21-42(4)5/h7-9,11-18,25,29H,6,10,19-24H2,1-5H3,(H,40,44)(H,38,39,41). The molecule has 0 bridgehead atoms. The summed E-state index contributed by atoms with van der Waals surface area (Å²) in [4.78, 5) is 27.6. The summed E-state index contributed by atoms with van der Waals surface area (Å²) in [5, 5.41) is 6.32. The highest BCUT2D eigenvalue weighted by Crippen LogP contribution is 2.34. The summed E-state index contributed by atoms with van der Waals surface area (Å²) in [5.41, 5.74) is 5.11. The molecular weight excluding hydrogens is 576 g/mol. The molecule has 0 unspecified atom stereocenters. The van der Waals surface area contributed by atoms with Crippen LogP contribution in [0.2, 0.25) is 0 Å². The number of aromatic nitrogens is 2. The first kappa shape index (κ1) is 32.9. The lowest BCUT2D eigenvalue weighted by Gasteiger charge is -2.32. The first-order valence-electron chi connectivity index (χ1n) is 16.2. The Hall–Kier alpha value is -4.47. The molecule has 0 atom stereocenters. The number of anilines is 3. The highest BCUT2D eigenvalue weighted by atomic mass is 16.5. The SMILES string of the molecule is CCOc1ccccc1Oc1nc(Nc2ccc(C3CCN(CCCN(C)C)CC3)cc2)ncc1C(=O)Nc1c(C)cccc1C. The van der Waals surface area contributed by atoms with E-state index in [0.717, 1.165) is 42.1 Å². The zero-order valence-electron chi connectivity index (χ0n) is 27.7. The van der Waals surface area contributed by atoms with Crippen molar-refractivity contribution in [3.8, 4) is 17.4 Å². The van der Waals surface area contributed by atoms with Crippen molar-refractivity contribution in [1.29, 1.82) is 0 Å². The third kappa shape index (κ3) is 8.62. The van der Waals surface area contributed by atoms with E-state index in [4.69, 9.17) is 9.47 Å². The number of rotatable bonds is 13. The van der Waals surface area contributed by atoms with E-state index >= 15 is 0 Å². The van der Waals surface area contributed by atoms with Gasteiger partial charge in [0.05, 0.1) is 6.61 Å². The molecule has 5 rings (SSSR count). The van der Waals surface area contributed by atoms with Crippen LogP contribution >= 0.6 is 0 Å². The number of hydrogen-bond acceptors (Lipinski definition) is 8. The Balaban J connectivity index is 1.31. The zero-order chi connectivity index (χ0) is 32.5. The highest BCUT2D eigenvalue weighted by molar-refractivity contribution is 6.06. The second kappa shape index (κ2) is 15.7. The summed E-state index contributed by atoms with van der Waals surface area (Å²) < 4.78 is 12.0. The van der Waals surface area contributed by atoms with Crippen LogP contribution in [0.5, 0.6) is 17.4 Å². The maximum absolute atomic E-state index is 13.6. The van der Waals surface area contributed by atoms with Crippen molar-refractivity contribution >= 4 is 23.2 Å². The molecule has 9 nitrogen and oxygen atoms in total. The van der Waals surface area contributed by atoms with Gasteiger partial charge in [-0.15, -0.1) is 0 Å². The van der Waals surface area contributed by atoms with Gasteiger partial charge in [-0.1, -0.05) is 42.5 Å². The Labute approximate surface area is 273 Å². The third-order valence-corrected chi connectivity index (χ3v) is 8.38. The molecule has 1 fully saturated rings. The largest absolute Gasteiger partial charge is 0.490 e. The fraction of sp³-hybridized carbons (Fsp3) is 0.378. The maximum Gasteiger partial charge on any atom is 0.262 e. The Bertz CT molecular complexity index is 1580. The van der Waals surface area contributed by atoms with Crippen LogP contribution in [0.3, 0.4) is 0 Å². The van der Waals surface area contributed by atoms with Crippen LogP contribution in [0.4, 0.5) is 17.3 Å². The lowest BCUT2D eigenvalue weighted by atomic mass is 9.89. The van der Waals surface area contributed by atoms with E-state index in [1.165, 1.54) is 37.6 Å². The molecule has 3 aromatic carbocycles. The molecule has 242 valence electrons. The fourth-order valence-electron chi connectivity index (χ4n) is 5.83. The second-order valence-electron chi connectivity index (χ2n) is 12.1. The van der Waals surface area contributed by atoms with Crippen molar-refractivity contribution in [2.75, 3.05) is 57.5 Å². The number of piperidine rings is 1. The molecular formula is C37H46N6O3. The Morgan fingerprint density at radius 2 is 1.65 bits per heavy atom. The van der Waals surface area contributed by atoms with E-state index in [2.05, 4.69) is 68.8 Å². The second-order valence-corrected chi connectivity index (χ2v) is 12.1. The van der Waals surface area contributed by atoms with Gasteiger partial charge in [0.25, 0.3) is 5.91 Å². The summed E-state index contributed by atoms with van der Waals surface area (Å²) in [6.45, 7) is 10.9. The number of likely N-dealkylation sites (tertiary alicyclic amines) is 1. The van der Waals surface area contributed by atoms with Crippen LogP contribution < -0.4 is 20.1 Å². The van der Waals surface area contributed by atoms with Gasteiger partial charge in [0.1, 0.15) is 5.56 Å². The van der Waals surface area contributed by atoms with Crippen molar-refractivity contribution in [2.45, 2.75) is 46.0 Å². The first-order chi connectivity index (χ1) is 22.3. The molecule has 9 heteroatoms. The lowest BCUT2D eigenvalue weighted by Crippen LogP contribution is -2.34. The topological polar surface area (TPSA) is 91.9 Å². The summed E-state index contributed by atoms with van der Waals surface area (Å²) in [5.74, 6) is 1.68. The highest BCUT2D eigenvalue weighted by Gasteiger charge is 2.22. The molecule has 0 radical (unpaired) electrons. The van der Waals surface area contributed by atoms with Gasteiger partial charge in [-0.05, 0) is 127 Å². The van der Waals surface area contributed by atoms with Crippen molar-refractivity contribution in [1.82, 2.24) is 19.8 Å². The molecule has 4 aromatic rings. The smallest absolute Gasteiger partial charge is 0.262 e. The van der Waals surface area contributed by atoms with Crippen LogP contribution in [-0.2, 0) is 0 Å². The monoisotopic (exact) mass is 622 g/mol. The number of benzene rings is 3. The number of para-hydroxylation sites is 3. The van der Waals surface area contributed by atoms with Gasteiger partial charge in [0, 0.05) is 17.6 Å². The number of nitrogens with one attached hydrogen (secondary N) is 2. The van der Waals surface area contributed by atoms with Gasteiger partial charge in [-0.25, -0.2) is 4.98 Å². The summed E-state index contributed by atoms with van der Waals surface area (Å²) in [6, 6.07) is 21.7. The van der Waals surface area contributed by atoms with E-state index < -0.39 is 0 Å². The quantitative estimate of drug-likeness (QED) is 0.159. The van der Waals surface area contributed by atoms with Gasteiger partial charge in [0.2, 0.25) is 11.8 Å². The number of ether oxygens (including phenoxy) is 2. The first-order valence-corrected chi connectivity index (χ1v) is 16.2. The average molecular weight is 623 g/mol. The molecule has 1 aliphatic rings. The normalized spacial score (nSPS) is 13.9. The zero-order valence-corrected chi connectivity index (χ0v) is 27.7. The van der Waals surface area contributed by atoms with Gasteiger partial charge < -0.3 is 29.9 Å². The molecule has 1 aromatic heterocycles. The minimum atomic E-state index is -0.360. The molecule has 0 spiro atoms. The summed E-state index contributed by atoms with van der Waals surface area (Å²) >= 11 is 0. The van der Waals surface area contributed by atoms with Crippen LogP contribution in [0.1, 0.15) is 59.2 Å². The number of carbonyl (C=O) groups is 1. The van der Waals surface area contributed by atoms with Crippen molar-refractivity contribution in [2.24, 2.45) is 0 Å². The Kier molecular flexibility index (Phi) is 11.2. The predicted molar refractivity (Wildman–Crippen MR) is 185 cm³/mol. The number of carbonyl (C=O) groups excluding carboxylic acids is 1. The Morgan fingerprint density at radius 1 is 0.957 bits per heavy atom. The van der Waals surface area contributed by atoms with Crippen LogP contribution in [0, 0.1) is 13.8 Å². The number of aryl methyl sites for hydroxylation is 2. The van der Waals surface area contributed by atoms with Crippen molar-refractivity contribution < 1.29 is 14.3 Å². The van der Waals surface area contributed by atoms with Crippen LogP contribution in [0.25, 0.3) is 0 Å². The lowest BCUT2D eigenvalue weighted by molar-refractivity contribution is 0.102. The molecule has 1 saturated heterocycles. The molecule has 2 N–H and O–H groups in total. The number of hydrogen-bond donors (Lipinski definition) is 2. The Morgan fingerprint density at radius 3 is 2.33 bits per heavy atom.